The van der Waals surface area contributed by atoms with E-state index in [0.717, 1.165) is 51.9 Å². The molecule has 4 heteroatoms. The lowest BCUT2D eigenvalue weighted by Gasteiger charge is -2.34. The fourth-order valence-corrected chi connectivity index (χ4v) is 3.22. The van der Waals surface area contributed by atoms with Crippen LogP contribution in [0.5, 0.6) is 0 Å². The first-order valence-corrected chi connectivity index (χ1v) is 7.93. The first kappa shape index (κ1) is 14.8. The Kier molecular flexibility index (Phi) is 6.11. The second-order valence-corrected chi connectivity index (χ2v) is 5.69. The fourth-order valence-electron chi connectivity index (χ4n) is 3.22. The zero-order valence-electron chi connectivity index (χ0n) is 12.2. The van der Waals surface area contributed by atoms with Crippen LogP contribution in [-0.2, 0) is 9.53 Å². The summed E-state index contributed by atoms with van der Waals surface area (Å²) in [7, 11) is 0. The summed E-state index contributed by atoms with van der Waals surface area (Å²) in [4.78, 5) is 14.5. The molecule has 4 nitrogen and oxygen atoms in total. The third-order valence-electron chi connectivity index (χ3n) is 4.36. The molecule has 2 aliphatic rings. The minimum atomic E-state index is 0.323. The van der Waals surface area contributed by atoms with Crippen molar-refractivity contribution in [3.8, 4) is 0 Å². The van der Waals surface area contributed by atoms with Crippen LogP contribution in [0.4, 0.5) is 0 Å². The molecule has 0 aromatic carbocycles. The maximum absolute atomic E-state index is 12.4. The largest absolute Gasteiger partial charge is 0.378 e. The maximum atomic E-state index is 12.4. The quantitative estimate of drug-likeness (QED) is 0.828. The lowest BCUT2D eigenvalue weighted by Crippen LogP contribution is -2.46. The Morgan fingerprint density at radius 1 is 1.26 bits per heavy atom. The molecule has 1 N–H and O–H groups in total. The molecule has 0 spiro atoms. The predicted molar refractivity (Wildman–Crippen MR) is 76.1 cm³/mol. The Balaban J connectivity index is 1.75. The molecule has 1 atom stereocenters. The van der Waals surface area contributed by atoms with Crippen LogP contribution in [0, 0.1) is 0 Å². The highest BCUT2D eigenvalue weighted by Gasteiger charge is 2.24. The van der Waals surface area contributed by atoms with Crippen LogP contribution in [0.25, 0.3) is 0 Å². The van der Waals surface area contributed by atoms with Crippen molar-refractivity contribution in [2.24, 2.45) is 0 Å². The van der Waals surface area contributed by atoms with Crippen molar-refractivity contribution in [3.05, 3.63) is 0 Å². The Hall–Kier alpha value is -0.610. The zero-order valence-corrected chi connectivity index (χ0v) is 12.2. The van der Waals surface area contributed by atoms with Gasteiger partial charge in [-0.25, -0.2) is 0 Å². The van der Waals surface area contributed by atoms with E-state index < -0.39 is 0 Å². The van der Waals surface area contributed by atoms with Gasteiger partial charge in [-0.1, -0.05) is 0 Å². The van der Waals surface area contributed by atoms with E-state index in [1.807, 2.05) is 0 Å². The molecule has 0 aromatic heterocycles. The first-order chi connectivity index (χ1) is 9.31. The number of rotatable bonds is 5. The van der Waals surface area contributed by atoms with Gasteiger partial charge in [0.25, 0.3) is 0 Å². The second kappa shape index (κ2) is 7.85. The molecular formula is C15H28N2O2. The number of carbonyl (C=O) groups is 1. The van der Waals surface area contributed by atoms with Crippen molar-refractivity contribution in [1.29, 1.82) is 0 Å². The number of ether oxygens (including phenoxy) is 1. The topological polar surface area (TPSA) is 41.6 Å². The summed E-state index contributed by atoms with van der Waals surface area (Å²) in [5.41, 5.74) is 0. The number of nitrogens with zero attached hydrogens (tertiary/aromatic N) is 1. The van der Waals surface area contributed by atoms with Crippen LogP contribution < -0.4 is 5.32 Å². The molecule has 0 aliphatic carbocycles. The number of nitrogens with one attached hydrogen (secondary N) is 1. The molecular weight excluding hydrogens is 240 g/mol. The van der Waals surface area contributed by atoms with Crippen LogP contribution in [-0.4, -0.2) is 49.2 Å². The number of carbonyl (C=O) groups excluding carboxylic acids is 1. The average molecular weight is 268 g/mol. The highest BCUT2D eigenvalue weighted by Crippen LogP contribution is 2.19. The van der Waals surface area contributed by atoms with Crippen molar-refractivity contribution in [3.63, 3.8) is 0 Å². The van der Waals surface area contributed by atoms with Gasteiger partial charge in [0, 0.05) is 25.6 Å². The molecule has 2 aliphatic heterocycles. The number of hydrogen-bond acceptors (Lipinski definition) is 3. The van der Waals surface area contributed by atoms with E-state index in [0.29, 0.717) is 24.5 Å². The standard InChI is InChI=1S/C15H28N2O2/c1-2-17(13-8-10-16-11-9-13)15(18)7-6-14-5-3-4-12-19-14/h13-14,16H,2-12H2,1H3. The summed E-state index contributed by atoms with van der Waals surface area (Å²) in [5, 5.41) is 3.36. The molecule has 2 saturated heterocycles. The van der Waals surface area contributed by atoms with Crippen molar-refractivity contribution in [1.82, 2.24) is 10.2 Å². The van der Waals surface area contributed by atoms with Gasteiger partial charge in [-0.05, 0) is 58.5 Å². The minimum absolute atomic E-state index is 0.323. The lowest BCUT2D eigenvalue weighted by molar-refractivity contribution is -0.134. The van der Waals surface area contributed by atoms with Crippen LogP contribution in [0.1, 0.15) is 51.9 Å². The third-order valence-corrected chi connectivity index (χ3v) is 4.36. The summed E-state index contributed by atoms with van der Waals surface area (Å²) in [6.07, 6.45) is 7.64. The molecule has 1 unspecified atom stereocenters. The number of piperidine rings is 1. The molecule has 2 heterocycles. The van der Waals surface area contributed by atoms with Gasteiger partial charge in [0.15, 0.2) is 0 Å². The first-order valence-electron chi connectivity index (χ1n) is 7.93. The lowest BCUT2D eigenvalue weighted by atomic mass is 10.0. The molecule has 0 radical (unpaired) electrons. The van der Waals surface area contributed by atoms with Crippen LogP contribution in [0.2, 0.25) is 0 Å². The molecule has 19 heavy (non-hydrogen) atoms. The van der Waals surface area contributed by atoms with Crippen LogP contribution in [0.3, 0.4) is 0 Å². The van der Waals surface area contributed by atoms with Crippen LogP contribution in [0.15, 0.2) is 0 Å². The highest BCUT2D eigenvalue weighted by atomic mass is 16.5. The Morgan fingerprint density at radius 3 is 2.68 bits per heavy atom. The predicted octanol–water partition coefficient (Wildman–Crippen LogP) is 1.94. The van der Waals surface area contributed by atoms with Crippen molar-refractivity contribution >= 4 is 5.91 Å². The van der Waals surface area contributed by atoms with Crippen molar-refractivity contribution in [2.45, 2.75) is 64.0 Å². The van der Waals surface area contributed by atoms with Crippen molar-refractivity contribution in [2.75, 3.05) is 26.2 Å². The van der Waals surface area contributed by atoms with Gasteiger partial charge in [0.1, 0.15) is 0 Å². The summed E-state index contributed by atoms with van der Waals surface area (Å²) < 4.78 is 5.71. The fraction of sp³-hybridized carbons (Fsp3) is 0.933. The Morgan fingerprint density at radius 2 is 2.05 bits per heavy atom. The summed E-state index contributed by atoms with van der Waals surface area (Å²) >= 11 is 0. The molecule has 2 rings (SSSR count). The summed E-state index contributed by atoms with van der Waals surface area (Å²) in [5.74, 6) is 0.323. The molecule has 0 aromatic rings. The highest BCUT2D eigenvalue weighted by molar-refractivity contribution is 5.76. The van der Waals surface area contributed by atoms with Gasteiger partial charge in [0.2, 0.25) is 5.91 Å². The molecule has 0 saturated carbocycles. The van der Waals surface area contributed by atoms with E-state index in [1.54, 1.807) is 0 Å². The summed E-state index contributed by atoms with van der Waals surface area (Å²) in [6.45, 7) is 5.90. The Labute approximate surface area is 116 Å². The van der Waals surface area contributed by atoms with E-state index in [4.69, 9.17) is 4.74 Å². The van der Waals surface area contributed by atoms with E-state index in [9.17, 15) is 4.79 Å². The van der Waals surface area contributed by atoms with Gasteiger partial charge in [0.05, 0.1) is 6.10 Å². The minimum Gasteiger partial charge on any atom is -0.378 e. The van der Waals surface area contributed by atoms with Crippen LogP contribution >= 0.6 is 0 Å². The zero-order chi connectivity index (χ0) is 13.5. The second-order valence-electron chi connectivity index (χ2n) is 5.69. The maximum Gasteiger partial charge on any atom is 0.222 e. The smallest absolute Gasteiger partial charge is 0.222 e. The van der Waals surface area contributed by atoms with Gasteiger partial charge >= 0.3 is 0 Å². The monoisotopic (exact) mass is 268 g/mol. The van der Waals surface area contributed by atoms with E-state index >= 15 is 0 Å². The van der Waals surface area contributed by atoms with Crippen molar-refractivity contribution < 1.29 is 9.53 Å². The van der Waals surface area contributed by atoms with E-state index in [2.05, 4.69) is 17.1 Å². The normalized spacial score (nSPS) is 25.2. The van der Waals surface area contributed by atoms with E-state index in [-0.39, 0.29) is 0 Å². The summed E-state index contributed by atoms with van der Waals surface area (Å²) in [6, 6.07) is 0.450. The number of amides is 1. The third kappa shape index (κ3) is 4.46. The van der Waals surface area contributed by atoms with E-state index in [1.165, 1.54) is 12.8 Å². The van der Waals surface area contributed by atoms with Gasteiger partial charge < -0.3 is 15.0 Å². The molecule has 0 bridgehead atoms. The molecule has 110 valence electrons. The van der Waals surface area contributed by atoms with Gasteiger partial charge in [-0.15, -0.1) is 0 Å². The SMILES string of the molecule is CCN(C(=O)CCC1CCCCO1)C1CCNCC1. The molecule has 2 fully saturated rings. The number of hydrogen-bond donors (Lipinski definition) is 1. The van der Waals surface area contributed by atoms with Gasteiger partial charge in [-0.3, -0.25) is 4.79 Å². The molecule has 1 amide bonds. The average Bonchev–Trinajstić information content (AvgIpc) is 2.48. The van der Waals surface area contributed by atoms with Gasteiger partial charge in [-0.2, -0.15) is 0 Å². The Bertz CT molecular complexity index is 271.